The summed E-state index contributed by atoms with van der Waals surface area (Å²) in [6.07, 6.45) is 60.0. The number of aliphatic hydroxyl groups excluding tert-OH is 1. The van der Waals surface area contributed by atoms with Gasteiger partial charge < -0.3 is 14.6 Å². The third-order valence-electron chi connectivity index (χ3n) is 8.05. The summed E-state index contributed by atoms with van der Waals surface area (Å²) in [7, 11) is 0. The van der Waals surface area contributed by atoms with E-state index in [1.165, 1.54) is 25.7 Å². The number of hydrogen-bond acceptors (Lipinski definition) is 5. The largest absolute Gasteiger partial charge is 0.462 e. The molecular weight excluding hydrogens is 645 g/mol. The predicted octanol–water partition coefficient (Wildman–Crippen LogP) is 13.1. The molecule has 52 heavy (non-hydrogen) atoms. The lowest BCUT2D eigenvalue weighted by atomic mass is 10.1. The van der Waals surface area contributed by atoms with Gasteiger partial charge in [-0.2, -0.15) is 0 Å². The van der Waals surface area contributed by atoms with Crippen LogP contribution in [0.25, 0.3) is 0 Å². The number of rotatable bonds is 35. The van der Waals surface area contributed by atoms with Crippen molar-refractivity contribution in [1.82, 2.24) is 0 Å². The zero-order valence-electron chi connectivity index (χ0n) is 33.0. The van der Waals surface area contributed by atoms with Gasteiger partial charge in [0, 0.05) is 12.8 Å². The maximum atomic E-state index is 12.2. The predicted molar refractivity (Wildman–Crippen MR) is 223 cm³/mol. The van der Waals surface area contributed by atoms with E-state index >= 15 is 0 Å². The number of hydrogen-bond donors (Lipinski definition) is 1. The lowest BCUT2D eigenvalue weighted by molar-refractivity contribution is -0.161. The minimum atomic E-state index is -0.810. The topological polar surface area (TPSA) is 72.8 Å². The molecule has 0 aromatic rings. The van der Waals surface area contributed by atoms with E-state index in [0.29, 0.717) is 12.8 Å². The molecule has 0 heterocycles. The molecule has 5 heteroatoms. The van der Waals surface area contributed by atoms with E-state index in [1.807, 2.05) is 0 Å². The Morgan fingerprint density at radius 2 is 0.827 bits per heavy atom. The molecule has 0 fully saturated rings. The number of carbonyl (C=O) groups is 2. The molecular formula is C47H74O5. The molecule has 0 saturated heterocycles. The van der Waals surface area contributed by atoms with Gasteiger partial charge >= 0.3 is 11.9 Å². The summed E-state index contributed by atoms with van der Waals surface area (Å²) in [6, 6.07) is 0. The van der Waals surface area contributed by atoms with E-state index in [4.69, 9.17) is 9.47 Å². The van der Waals surface area contributed by atoms with Crippen molar-refractivity contribution in [2.45, 2.75) is 161 Å². The Balaban J connectivity index is 3.74. The van der Waals surface area contributed by atoms with Gasteiger partial charge in [-0.1, -0.05) is 149 Å². The molecule has 0 aromatic heterocycles. The summed E-state index contributed by atoms with van der Waals surface area (Å²) in [6.45, 7) is 3.92. The molecule has 0 aliphatic rings. The number of esters is 2. The lowest BCUT2D eigenvalue weighted by Gasteiger charge is -2.15. The van der Waals surface area contributed by atoms with E-state index in [1.54, 1.807) is 0 Å². The van der Waals surface area contributed by atoms with Gasteiger partial charge in [0.2, 0.25) is 0 Å². The number of carbonyl (C=O) groups excluding carboxylic acids is 2. The molecule has 0 amide bonds. The van der Waals surface area contributed by atoms with Crippen molar-refractivity contribution in [2.75, 3.05) is 13.2 Å². The summed E-state index contributed by atoms with van der Waals surface area (Å²) < 4.78 is 10.6. The van der Waals surface area contributed by atoms with Crippen molar-refractivity contribution < 1.29 is 24.2 Å². The van der Waals surface area contributed by atoms with Gasteiger partial charge in [-0.05, 0) is 103 Å². The first kappa shape index (κ1) is 48.6. The quantitative estimate of drug-likeness (QED) is 0.0401. The molecule has 5 nitrogen and oxygen atoms in total. The van der Waals surface area contributed by atoms with Crippen LogP contribution in [-0.2, 0) is 19.1 Å². The fraction of sp³-hybridized carbons (Fsp3) is 0.574. The van der Waals surface area contributed by atoms with Gasteiger partial charge in [-0.15, -0.1) is 0 Å². The number of unbranched alkanes of at least 4 members (excludes halogenated alkanes) is 9. The number of allylic oxidation sites excluding steroid dienone is 18. The molecule has 0 saturated carbocycles. The highest BCUT2D eigenvalue weighted by Gasteiger charge is 2.16. The van der Waals surface area contributed by atoms with Gasteiger partial charge in [0.25, 0.3) is 0 Å². The lowest BCUT2D eigenvalue weighted by Crippen LogP contribution is -2.28. The number of aliphatic hydroxyl groups is 1. The van der Waals surface area contributed by atoms with Crippen LogP contribution in [0, 0.1) is 0 Å². The van der Waals surface area contributed by atoms with Crippen molar-refractivity contribution >= 4 is 11.9 Å². The second-order valence-electron chi connectivity index (χ2n) is 13.0. The third kappa shape index (κ3) is 39.3. The highest BCUT2D eigenvalue weighted by molar-refractivity contribution is 5.70. The Kier molecular flexibility index (Phi) is 39.2. The SMILES string of the molecule is CC/C=C/C/C=C/C/C=C/C/C=C/C/C=C/CCCCCC(=O)O[C@@H](CO)COC(=O)CCCCC/C=C/C/C=C/C/C=C/C/C=C/CCCCC. The fourth-order valence-corrected chi connectivity index (χ4v) is 4.97. The van der Waals surface area contributed by atoms with E-state index in [2.05, 4.69) is 123 Å². The standard InChI is InChI=1S/C47H74O5/c1-3-5-7-9-11-13-15-17-19-21-23-25-27-29-31-33-35-37-39-41-46(49)51-44-45(43-48)52-47(50)42-40-38-36-34-32-30-28-26-24-22-20-18-16-14-12-10-8-6-4-2/h6,8,11-14,17-20,23-26,29-32,45,48H,3-5,7,9-10,15-16,21-22,27-28,33-44H2,1-2H3/b8-6+,13-11+,14-12+,19-17+,20-18+,25-23+,26-24+,31-29+,32-30+/t45-/m0/s1. The van der Waals surface area contributed by atoms with E-state index in [0.717, 1.165) is 103 Å². The van der Waals surface area contributed by atoms with Crippen molar-refractivity contribution in [1.29, 1.82) is 0 Å². The molecule has 0 aliphatic heterocycles. The summed E-state index contributed by atoms with van der Waals surface area (Å²) >= 11 is 0. The Bertz CT molecular complexity index is 1090. The zero-order chi connectivity index (χ0) is 37.8. The van der Waals surface area contributed by atoms with Crippen LogP contribution in [0.3, 0.4) is 0 Å². The molecule has 1 atom stereocenters. The smallest absolute Gasteiger partial charge is 0.306 e. The molecule has 0 rings (SSSR count). The van der Waals surface area contributed by atoms with Crippen molar-refractivity contribution in [2.24, 2.45) is 0 Å². The summed E-state index contributed by atoms with van der Waals surface area (Å²) in [5, 5.41) is 9.56. The normalized spacial score (nSPS) is 13.4. The first-order valence-electron chi connectivity index (χ1n) is 20.4. The minimum Gasteiger partial charge on any atom is -0.462 e. The van der Waals surface area contributed by atoms with Crippen molar-refractivity contribution in [3.63, 3.8) is 0 Å². The van der Waals surface area contributed by atoms with E-state index < -0.39 is 6.10 Å². The minimum absolute atomic E-state index is 0.104. The third-order valence-corrected chi connectivity index (χ3v) is 8.05. The number of ether oxygens (including phenoxy) is 2. The van der Waals surface area contributed by atoms with Crippen LogP contribution in [0.1, 0.15) is 155 Å². The van der Waals surface area contributed by atoms with Gasteiger partial charge in [0.15, 0.2) is 6.10 Å². The van der Waals surface area contributed by atoms with Gasteiger partial charge in [0.1, 0.15) is 6.61 Å². The van der Waals surface area contributed by atoms with Gasteiger partial charge in [-0.3, -0.25) is 9.59 Å². The van der Waals surface area contributed by atoms with Gasteiger partial charge in [0.05, 0.1) is 6.61 Å². The van der Waals surface area contributed by atoms with Crippen molar-refractivity contribution in [3.8, 4) is 0 Å². The van der Waals surface area contributed by atoms with Crippen LogP contribution in [0.2, 0.25) is 0 Å². The zero-order valence-corrected chi connectivity index (χ0v) is 33.0. The molecule has 0 aliphatic carbocycles. The van der Waals surface area contributed by atoms with Crippen LogP contribution in [0.4, 0.5) is 0 Å². The summed E-state index contributed by atoms with van der Waals surface area (Å²) in [5.41, 5.74) is 0. The Morgan fingerprint density at radius 3 is 1.21 bits per heavy atom. The Hall–Kier alpha value is -3.44. The van der Waals surface area contributed by atoms with E-state index in [9.17, 15) is 14.7 Å². The summed E-state index contributed by atoms with van der Waals surface area (Å²) in [5.74, 6) is -0.677. The molecule has 0 aromatic carbocycles. The molecule has 292 valence electrons. The second-order valence-corrected chi connectivity index (χ2v) is 13.0. The van der Waals surface area contributed by atoms with Crippen LogP contribution in [0.15, 0.2) is 109 Å². The first-order valence-corrected chi connectivity index (χ1v) is 20.4. The van der Waals surface area contributed by atoms with Crippen molar-refractivity contribution in [3.05, 3.63) is 109 Å². The first-order chi connectivity index (χ1) is 25.6. The van der Waals surface area contributed by atoms with E-state index in [-0.39, 0.29) is 25.2 Å². The summed E-state index contributed by atoms with van der Waals surface area (Å²) in [4.78, 5) is 24.3. The molecule has 0 radical (unpaired) electrons. The maximum absolute atomic E-state index is 12.2. The monoisotopic (exact) mass is 719 g/mol. The molecule has 0 spiro atoms. The average Bonchev–Trinajstić information content (AvgIpc) is 3.15. The van der Waals surface area contributed by atoms with Crippen LogP contribution >= 0.6 is 0 Å². The Morgan fingerprint density at radius 1 is 0.462 bits per heavy atom. The highest BCUT2D eigenvalue weighted by atomic mass is 16.6. The average molecular weight is 719 g/mol. The molecule has 1 N–H and O–H groups in total. The fourth-order valence-electron chi connectivity index (χ4n) is 4.97. The van der Waals surface area contributed by atoms with Crippen LogP contribution < -0.4 is 0 Å². The molecule has 0 bridgehead atoms. The Labute approximate surface area is 319 Å². The molecule has 0 unspecified atom stereocenters. The van der Waals surface area contributed by atoms with Gasteiger partial charge in [-0.25, -0.2) is 0 Å². The van der Waals surface area contributed by atoms with Crippen LogP contribution in [0.5, 0.6) is 0 Å². The maximum Gasteiger partial charge on any atom is 0.306 e. The highest BCUT2D eigenvalue weighted by Crippen LogP contribution is 2.09. The second kappa shape index (κ2) is 42.0. The van der Waals surface area contributed by atoms with Crippen LogP contribution in [-0.4, -0.2) is 36.4 Å².